The van der Waals surface area contributed by atoms with Crippen molar-refractivity contribution in [1.82, 2.24) is 4.98 Å². The van der Waals surface area contributed by atoms with Gasteiger partial charge in [-0.3, -0.25) is 4.79 Å². The molecule has 2 rings (SSSR count). The largest absolute Gasteiger partial charge is 0.491 e. The van der Waals surface area contributed by atoms with Crippen LogP contribution >= 0.6 is 46.4 Å². The van der Waals surface area contributed by atoms with E-state index < -0.39 is 5.91 Å². The van der Waals surface area contributed by atoms with E-state index >= 15 is 0 Å². The normalized spacial score (nSPS) is 10.5. The molecule has 1 heterocycles. The van der Waals surface area contributed by atoms with Gasteiger partial charge >= 0.3 is 0 Å². The minimum atomic E-state index is -0.567. The van der Waals surface area contributed by atoms with Crippen LogP contribution in [0.4, 0.5) is 5.69 Å². The Morgan fingerprint density at radius 2 is 1.83 bits per heavy atom. The van der Waals surface area contributed by atoms with Crippen LogP contribution in [-0.4, -0.2) is 17.5 Å². The summed E-state index contributed by atoms with van der Waals surface area (Å²) < 4.78 is 5.58. The molecule has 0 fully saturated rings. The maximum atomic E-state index is 12.4. The summed E-state index contributed by atoms with van der Waals surface area (Å²) in [5.41, 5.74) is 0.377. The summed E-state index contributed by atoms with van der Waals surface area (Å²) in [5, 5.41) is 2.50. The van der Waals surface area contributed by atoms with E-state index in [1.54, 1.807) is 18.2 Å². The third-order valence-electron chi connectivity index (χ3n) is 2.80. The number of hydrogen-bond acceptors (Lipinski definition) is 3. The molecular weight excluding hydrogens is 382 g/mol. The van der Waals surface area contributed by atoms with Gasteiger partial charge in [0.1, 0.15) is 16.6 Å². The summed E-state index contributed by atoms with van der Waals surface area (Å²) in [5.74, 6) is -0.0204. The average molecular weight is 394 g/mol. The molecule has 8 heteroatoms. The van der Waals surface area contributed by atoms with Crippen LogP contribution in [0.25, 0.3) is 0 Å². The van der Waals surface area contributed by atoms with Gasteiger partial charge in [0.25, 0.3) is 5.91 Å². The first-order chi connectivity index (χ1) is 11.0. The molecule has 0 aliphatic heterocycles. The first-order valence-corrected chi connectivity index (χ1v) is 8.20. The second-order valence-corrected chi connectivity index (χ2v) is 5.98. The molecule has 0 saturated carbocycles. The van der Waals surface area contributed by atoms with Crippen molar-refractivity contribution in [2.24, 2.45) is 0 Å². The number of ether oxygens (including phenoxy) is 1. The Labute approximate surface area is 153 Å². The number of carbonyl (C=O) groups excluding carboxylic acids is 1. The summed E-state index contributed by atoms with van der Waals surface area (Å²) in [6.45, 7) is 2.52. The van der Waals surface area contributed by atoms with Gasteiger partial charge in [-0.25, -0.2) is 4.98 Å². The highest BCUT2D eigenvalue weighted by atomic mass is 35.5. The lowest BCUT2D eigenvalue weighted by Gasteiger charge is -2.13. The fourth-order valence-corrected chi connectivity index (χ4v) is 2.54. The monoisotopic (exact) mass is 392 g/mol. The van der Waals surface area contributed by atoms with Crippen LogP contribution in [0.3, 0.4) is 0 Å². The molecule has 122 valence electrons. The summed E-state index contributed by atoms with van der Waals surface area (Å²) >= 11 is 23.7. The lowest BCUT2D eigenvalue weighted by atomic mass is 10.2. The summed E-state index contributed by atoms with van der Waals surface area (Å²) in [7, 11) is 0. The van der Waals surface area contributed by atoms with Gasteiger partial charge in [-0.1, -0.05) is 65.5 Å². The first-order valence-electron chi connectivity index (χ1n) is 6.68. The Kier molecular flexibility index (Phi) is 6.36. The number of nitrogens with zero attached hydrogens (tertiary/aromatic N) is 1. The van der Waals surface area contributed by atoms with E-state index in [0.29, 0.717) is 18.0 Å². The van der Waals surface area contributed by atoms with E-state index in [2.05, 4.69) is 10.3 Å². The third-order valence-corrected chi connectivity index (χ3v) is 4.47. The van der Waals surface area contributed by atoms with E-state index in [4.69, 9.17) is 51.1 Å². The Balaban J connectivity index is 2.30. The van der Waals surface area contributed by atoms with Crippen molar-refractivity contribution >= 4 is 58.0 Å². The molecule has 1 N–H and O–H groups in total. The highest BCUT2D eigenvalue weighted by molar-refractivity contribution is 6.52. The van der Waals surface area contributed by atoms with Gasteiger partial charge < -0.3 is 10.1 Å². The number of amides is 1. The molecule has 0 spiro atoms. The smallest absolute Gasteiger partial charge is 0.276 e. The van der Waals surface area contributed by atoms with Crippen LogP contribution in [0.5, 0.6) is 5.75 Å². The second kappa shape index (κ2) is 8.06. The van der Waals surface area contributed by atoms with Crippen LogP contribution in [0.1, 0.15) is 23.8 Å². The number of halogens is 4. The second-order valence-electron chi connectivity index (χ2n) is 4.49. The molecule has 4 nitrogen and oxygen atoms in total. The Hall–Kier alpha value is -1.20. The zero-order valence-electron chi connectivity index (χ0n) is 12.0. The number of nitrogens with one attached hydrogen (secondary N) is 1. The molecule has 23 heavy (non-hydrogen) atoms. The average Bonchev–Trinajstić information content (AvgIpc) is 2.55. The fraction of sp³-hybridized carbons (Fsp3) is 0.200. The number of rotatable bonds is 5. The highest BCUT2D eigenvalue weighted by Crippen LogP contribution is 2.36. The van der Waals surface area contributed by atoms with E-state index in [1.165, 1.54) is 0 Å². The molecule has 0 atom stereocenters. The number of carbonyl (C=O) groups is 1. The van der Waals surface area contributed by atoms with Crippen molar-refractivity contribution in [3.63, 3.8) is 0 Å². The third kappa shape index (κ3) is 4.21. The number of hydrogen-bond donors (Lipinski definition) is 1. The van der Waals surface area contributed by atoms with Gasteiger partial charge in [0.2, 0.25) is 0 Å². The molecule has 0 unspecified atom stereocenters. The minimum absolute atomic E-state index is 0.00145. The SMILES string of the molecule is CCCOc1ccccc1NC(=O)c1nc(Cl)c(Cl)c(Cl)c1Cl. The maximum absolute atomic E-state index is 12.4. The van der Waals surface area contributed by atoms with Gasteiger partial charge in [-0.05, 0) is 18.6 Å². The van der Waals surface area contributed by atoms with Crippen LogP contribution in [0, 0.1) is 0 Å². The molecule has 1 aromatic heterocycles. The van der Waals surface area contributed by atoms with Crippen molar-refractivity contribution < 1.29 is 9.53 Å². The van der Waals surface area contributed by atoms with Crippen molar-refractivity contribution in [3.05, 3.63) is 50.2 Å². The van der Waals surface area contributed by atoms with E-state index in [-0.39, 0.29) is 25.9 Å². The zero-order chi connectivity index (χ0) is 17.0. The summed E-state index contributed by atoms with van der Waals surface area (Å²) in [4.78, 5) is 16.3. The molecule has 0 radical (unpaired) electrons. The van der Waals surface area contributed by atoms with Crippen molar-refractivity contribution in [2.45, 2.75) is 13.3 Å². The first kappa shape index (κ1) is 18.1. The van der Waals surface area contributed by atoms with Crippen molar-refractivity contribution in [1.29, 1.82) is 0 Å². The van der Waals surface area contributed by atoms with E-state index in [9.17, 15) is 4.79 Å². The highest BCUT2D eigenvalue weighted by Gasteiger charge is 2.21. The minimum Gasteiger partial charge on any atom is -0.491 e. The zero-order valence-corrected chi connectivity index (χ0v) is 15.0. The predicted octanol–water partition coefficient (Wildman–Crippen LogP) is 5.74. The lowest BCUT2D eigenvalue weighted by Crippen LogP contribution is -2.15. The van der Waals surface area contributed by atoms with E-state index in [0.717, 1.165) is 6.42 Å². The van der Waals surface area contributed by atoms with Crippen molar-refractivity contribution in [2.75, 3.05) is 11.9 Å². The standard InChI is InChI=1S/C15H12Cl4N2O2/c1-2-7-23-9-6-4-3-5-8(9)20-15(22)13-11(17)10(16)12(18)14(19)21-13/h3-6H,2,7H2,1H3,(H,20,22). The molecule has 0 aliphatic rings. The quantitative estimate of drug-likeness (QED) is 0.659. The van der Waals surface area contributed by atoms with Crippen LogP contribution in [-0.2, 0) is 0 Å². The number of anilines is 1. The van der Waals surface area contributed by atoms with Crippen molar-refractivity contribution in [3.8, 4) is 5.75 Å². The topological polar surface area (TPSA) is 51.2 Å². The van der Waals surface area contributed by atoms with Gasteiger partial charge in [-0.15, -0.1) is 0 Å². The molecule has 0 bridgehead atoms. The summed E-state index contributed by atoms with van der Waals surface area (Å²) in [6, 6.07) is 7.03. The van der Waals surface area contributed by atoms with Crippen LogP contribution in [0.15, 0.2) is 24.3 Å². The molecule has 2 aromatic rings. The van der Waals surface area contributed by atoms with Gasteiger partial charge in [0.15, 0.2) is 0 Å². The Morgan fingerprint density at radius 1 is 1.13 bits per heavy atom. The van der Waals surface area contributed by atoms with Crippen LogP contribution in [0.2, 0.25) is 20.2 Å². The van der Waals surface area contributed by atoms with E-state index in [1.807, 2.05) is 13.0 Å². The van der Waals surface area contributed by atoms with Gasteiger partial charge in [0, 0.05) is 0 Å². The fourth-order valence-electron chi connectivity index (χ4n) is 1.73. The van der Waals surface area contributed by atoms with Gasteiger partial charge in [0.05, 0.1) is 27.4 Å². The van der Waals surface area contributed by atoms with Crippen LogP contribution < -0.4 is 10.1 Å². The number of aromatic nitrogens is 1. The molecule has 0 aliphatic carbocycles. The number of pyridine rings is 1. The predicted molar refractivity (Wildman–Crippen MR) is 94.5 cm³/mol. The van der Waals surface area contributed by atoms with Gasteiger partial charge in [-0.2, -0.15) is 0 Å². The Morgan fingerprint density at radius 3 is 2.52 bits per heavy atom. The molecule has 0 saturated heterocycles. The summed E-state index contributed by atoms with van der Waals surface area (Å²) in [6.07, 6.45) is 0.845. The number of para-hydroxylation sites is 2. The molecular formula is C15H12Cl4N2O2. The maximum Gasteiger partial charge on any atom is 0.276 e. The Bertz CT molecular complexity index is 738. The molecule has 1 amide bonds. The molecule has 1 aromatic carbocycles. The lowest BCUT2D eigenvalue weighted by molar-refractivity contribution is 0.102. The number of benzene rings is 1.